The zero-order valence-corrected chi connectivity index (χ0v) is 15.6. The van der Waals surface area contributed by atoms with Crippen LogP contribution in [0.5, 0.6) is 5.75 Å². The Bertz CT molecular complexity index is 988. The van der Waals surface area contributed by atoms with Gasteiger partial charge >= 0.3 is 0 Å². The molecule has 0 saturated heterocycles. The van der Waals surface area contributed by atoms with Crippen molar-refractivity contribution in [1.29, 1.82) is 0 Å². The monoisotopic (exact) mass is 363 g/mol. The fourth-order valence-corrected chi connectivity index (χ4v) is 4.12. The molecule has 4 nitrogen and oxygen atoms in total. The Hall–Kier alpha value is -2.59. The van der Waals surface area contributed by atoms with Gasteiger partial charge in [0.2, 0.25) is 5.43 Å². The first-order valence-corrected chi connectivity index (χ1v) is 9.67. The fraction of sp³-hybridized carbons (Fsp3) is 0.348. The second-order valence-corrected chi connectivity index (χ2v) is 7.49. The van der Waals surface area contributed by atoms with Gasteiger partial charge in [0.05, 0.1) is 16.5 Å². The highest BCUT2D eigenvalue weighted by Gasteiger charge is 2.21. The molecule has 0 unspecified atom stereocenters. The third-order valence-electron chi connectivity index (χ3n) is 5.71. The van der Waals surface area contributed by atoms with Crippen LogP contribution in [0.2, 0.25) is 0 Å². The van der Waals surface area contributed by atoms with Gasteiger partial charge in [-0.25, -0.2) is 0 Å². The zero-order chi connectivity index (χ0) is 18.8. The van der Waals surface area contributed by atoms with Crippen LogP contribution in [-0.2, 0) is 6.54 Å². The minimum absolute atomic E-state index is 0.0657. The summed E-state index contributed by atoms with van der Waals surface area (Å²) in [5, 5.41) is 11.0. The molecule has 1 aliphatic rings. The Morgan fingerprint density at radius 2 is 1.81 bits per heavy atom. The SMILES string of the molecule is CN(Cc1c(O)ccc2c(=O)c(-c3ccccc3)coc12)C1CCCCC1. The smallest absolute Gasteiger partial charge is 0.200 e. The van der Waals surface area contributed by atoms with Crippen LogP contribution in [0.3, 0.4) is 0 Å². The summed E-state index contributed by atoms with van der Waals surface area (Å²) >= 11 is 0. The van der Waals surface area contributed by atoms with E-state index in [2.05, 4.69) is 11.9 Å². The highest BCUT2D eigenvalue weighted by atomic mass is 16.3. The van der Waals surface area contributed by atoms with Crippen molar-refractivity contribution in [2.45, 2.75) is 44.7 Å². The highest BCUT2D eigenvalue weighted by Crippen LogP contribution is 2.31. The average Bonchev–Trinajstić information content (AvgIpc) is 2.71. The number of phenols is 1. The molecular weight excluding hydrogens is 338 g/mol. The van der Waals surface area contributed by atoms with E-state index < -0.39 is 0 Å². The van der Waals surface area contributed by atoms with Gasteiger partial charge in [-0.1, -0.05) is 49.6 Å². The maximum atomic E-state index is 13.0. The van der Waals surface area contributed by atoms with Crippen LogP contribution >= 0.6 is 0 Å². The summed E-state index contributed by atoms with van der Waals surface area (Å²) in [6, 6.07) is 13.3. The summed E-state index contributed by atoms with van der Waals surface area (Å²) in [6.07, 6.45) is 7.71. The zero-order valence-electron chi connectivity index (χ0n) is 15.6. The summed E-state index contributed by atoms with van der Waals surface area (Å²) in [7, 11) is 2.09. The minimum atomic E-state index is -0.0657. The van der Waals surface area contributed by atoms with Crippen LogP contribution in [0.1, 0.15) is 37.7 Å². The van der Waals surface area contributed by atoms with Crippen molar-refractivity contribution >= 4 is 11.0 Å². The Kier molecular flexibility index (Phi) is 4.99. The summed E-state index contributed by atoms with van der Waals surface area (Å²) in [5.74, 6) is 0.181. The lowest BCUT2D eigenvalue weighted by Crippen LogP contribution is -2.33. The van der Waals surface area contributed by atoms with E-state index in [0.717, 1.165) is 5.56 Å². The maximum absolute atomic E-state index is 13.0. The third-order valence-corrected chi connectivity index (χ3v) is 5.71. The average molecular weight is 363 g/mol. The van der Waals surface area contributed by atoms with Crippen LogP contribution < -0.4 is 5.43 Å². The van der Waals surface area contributed by atoms with E-state index in [0.29, 0.717) is 34.7 Å². The fourth-order valence-electron chi connectivity index (χ4n) is 4.12. The van der Waals surface area contributed by atoms with Crippen molar-refractivity contribution in [3.05, 3.63) is 64.5 Å². The lowest BCUT2D eigenvalue weighted by molar-refractivity contribution is 0.183. The van der Waals surface area contributed by atoms with Gasteiger partial charge in [0, 0.05) is 12.6 Å². The maximum Gasteiger partial charge on any atom is 0.200 e. The van der Waals surface area contributed by atoms with Crippen molar-refractivity contribution in [3.63, 3.8) is 0 Å². The molecule has 0 atom stereocenters. The van der Waals surface area contributed by atoms with Crippen molar-refractivity contribution < 1.29 is 9.52 Å². The van der Waals surface area contributed by atoms with E-state index in [-0.39, 0.29) is 11.2 Å². The molecule has 1 N–H and O–H groups in total. The van der Waals surface area contributed by atoms with Gasteiger partial charge in [-0.15, -0.1) is 0 Å². The predicted molar refractivity (Wildman–Crippen MR) is 108 cm³/mol. The number of benzene rings is 2. The molecule has 1 heterocycles. The predicted octanol–water partition coefficient (Wildman–Crippen LogP) is 4.93. The lowest BCUT2D eigenvalue weighted by atomic mass is 9.94. The van der Waals surface area contributed by atoms with Crippen LogP contribution in [-0.4, -0.2) is 23.1 Å². The number of rotatable bonds is 4. The first kappa shape index (κ1) is 17.8. The van der Waals surface area contributed by atoms with E-state index >= 15 is 0 Å². The Labute approximate surface area is 159 Å². The number of hydrogen-bond donors (Lipinski definition) is 1. The molecule has 0 aliphatic heterocycles. The van der Waals surface area contributed by atoms with Crippen molar-refractivity contribution in [1.82, 2.24) is 4.90 Å². The van der Waals surface area contributed by atoms with Gasteiger partial charge in [-0.2, -0.15) is 0 Å². The van der Waals surface area contributed by atoms with E-state index in [4.69, 9.17) is 4.42 Å². The number of aromatic hydroxyl groups is 1. The van der Waals surface area contributed by atoms with Gasteiger partial charge < -0.3 is 9.52 Å². The first-order valence-electron chi connectivity index (χ1n) is 9.67. The Balaban J connectivity index is 1.74. The van der Waals surface area contributed by atoms with E-state index in [1.54, 1.807) is 12.1 Å². The van der Waals surface area contributed by atoms with Gasteiger partial charge in [0.1, 0.15) is 17.6 Å². The summed E-state index contributed by atoms with van der Waals surface area (Å²) < 4.78 is 5.89. The molecule has 0 spiro atoms. The molecule has 27 heavy (non-hydrogen) atoms. The molecule has 140 valence electrons. The van der Waals surface area contributed by atoms with Crippen LogP contribution in [0.25, 0.3) is 22.1 Å². The lowest BCUT2D eigenvalue weighted by Gasteiger charge is -2.31. The van der Waals surface area contributed by atoms with Crippen molar-refractivity contribution in [3.8, 4) is 16.9 Å². The van der Waals surface area contributed by atoms with Gasteiger partial charge in [0.25, 0.3) is 0 Å². The summed E-state index contributed by atoms with van der Waals surface area (Å²) in [5.41, 5.74) is 2.49. The molecular formula is C23H25NO3. The topological polar surface area (TPSA) is 53.7 Å². The van der Waals surface area contributed by atoms with Crippen molar-refractivity contribution in [2.24, 2.45) is 0 Å². The first-order chi connectivity index (χ1) is 13.1. The number of nitrogens with zero attached hydrogens (tertiary/aromatic N) is 1. The normalized spacial score (nSPS) is 15.5. The van der Waals surface area contributed by atoms with E-state index in [1.807, 2.05) is 30.3 Å². The molecule has 1 aromatic heterocycles. The number of phenolic OH excluding ortho intramolecular Hbond substituents is 1. The molecule has 1 fully saturated rings. The molecule has 2 aromatic carbocycles. The molecule has 0 radical (unpaired) electrons. The van der Waals surface area contributed by atoms with Gasteiger partial charge in [-0.05, 0) is 37.6 Å². The molecule has 3 aromatic rings. The van der Waals surface area contributed by atoms with E-state index in [9.17, 15) is 9.90 Å². The third kappa shape index (κ3) is 3.50. The van der Waals surface area contributed by atoms with Gasteiger partial charge in [0.15, 0.2) is 0 Å². The minimum Gasteiger partial charge on any atom is -0.507 e. The molecule has 0 bridgehead atoms. The highest BCUT2D eigenvalue weighted by molar-refractivity contribution is 5.85. The Morgan fingerprint density at radius 3 is 2.56 bits per heavy atom. The van der Waals surface area contributed by atoms with E-state index in [1.165, 1.54) is 38.4 Å². The van der Waals surface area contributed by atoms with Crippen LogP contribution in [0, 0.1) is 0 Å². The quantitative estimate of drug-likeness (QED) is 0.714. The van der Waals surface area contributed by atoms with Crippen LogP contribution in [0.15, 0.2) is 57.9 Å². The second-order valence-electron chi connectivity index (χ2n) is 7.49. The van der Waals surface area contributed by atoms with Crippen molar-refractivity contribution in [2.75, 3.05) is 7.05 Å². The molecule has 4 heteroatoms. The molecule has 1 aliphatic carbocycles. The van der Waals surface area contributed by atoms with Gasteiger partial charge in [-0.3, -0.25) is 9.69 Å². The Morgan fingerprint density at radius 1 is 1.07 bits per heavy atom. The largest absolute Gasteiger partial charge is 0.507 e. The molecule has 1 saturated carbocycles. The molecule has 0 amide bonds. The number of fused-ring (bicyclic) bond motifs is 1. The summed E-state index contributed by atoms with van der Waals surface area (Å²) in [6.45, 7) is 0.571. The summed E-state index contributed by atoms with van der Waals surface area (Å²) in [4.78, 5) is 15.3. The standard InChI is InChI=1S/C23H25NO3/c1-24(17-10-6-3-7-11-17)14-19-21(25)13-12-18-22(26)20(15-27-23(18)19)16-8-4-2-5-9-16/h2,4-5,8-9,12-13,15,17,25H,3,6-7,10-11,14H2,1H3. The number of hydrogen-bond acceptors (Lipinski definition) is 4. The molecule has 4 rings (SSSR count). The second kappa shape index (κ2) is 7.57. The van der Waals surface area contributed by atoms with Crippen LogP contribution in [0.4, 0.5) is 0 Å².